The molecule has 7 nitrogen and oxygen atoms in total. The van der Waals surface area contributed by atoms with Gasteiger partial charge < -0.3 is 10.1 Å². The van der Waals surface area contributed by atoms with Crippen LogP contribution in [-0.2, 0) is 14.8 Å². The molecule has 122 valence electrons. The number of nitrogens with one attached hydrogen (secondary N) is 1. The number of hydrogen-bond acceptors (Lipinski definition) is 5. The summed E-state index contributed by atoms with van der Waals surface area (Å²) in [7, 11) is -0.388. The molecular formula is C13H18ClN3O4S. The molecule has 2 rings (SSSR count). The SMILES string of the molecule is CN(C)S(=O)(=O)C[C@@H]1COC[C@@H]1NC(=O)c1cncc(Cl)c1. The summed E-state index contributed by atoms with van der Waals surface area (Å²) in [5, 5.41) is 3.15. The van der Waals surface area contributed by atoms with Crippen LogP contribution in [0.3, 0.4) is 0 Å². The monoisotopic (exact) mass is 347 g/mol. The minimum Gasteiger partial charge on any atom is -0.379 e. The Morgan fingerprint density at radius 2 is 2.18 bits per heavy atom. The Balaban J connectivity index is 2.04. The molecule has 0 aliphatic carbocycles. The number of amides is 1. The van der Waals surface area contributed by atoms with E-state index in [1.807, 2.05) is 0 Å². The molecule has 1 aromatic rings. The molecule has 9 heteroatoms. The first-order chi connectivity index (χ1) is 10.3. The van der Waals surface area contributed by atoms with Crippen molar-refractivity contribution >= 4 is 27.5 Å². The molecule has 0 unspecified atom stereocenters. The number of pyridine rings is 1. The maximum atomic E-state index is 12.2. The van der Waals surface area contributed by atoms with Crippen molar-refractivity contribution in [2.24, 2.45) is 5.92 Å². The highest BCUT2D eigenvalue weighted by molar-refractivity contribution is 7.89. The Hall–Kier alpha value is -1.22. The van der Waals surface area contributed by atoms with Gasteiger partial charge in [0.05, 0.1) is 35.6 Å². The van der Waals surface area contributed by atoms with Crippen LogP contribution in [0.2, 0.25) is 5.02 Å². The van der Waals surface area contributed by atoms with Crippen LogP contribution in [0.25, 0.3) is 0 Å². The van der Waals surface area contributed by atoms with Crippen LogP contribution in [0.4, 0.5) is 0 Å². The quantitative estimate of drug-likeness (QED) is 0.831. The minimum absolute atomic E-state index is 0.0707. The van der Waals surface area contributed by atoms with Crippen LogP contribution < -0.4 is 5.32 Å². The number of carbonyl (C=O) groups is 1. The Labute approximate surface area is 134 Å². The summed E-state index contributed by atoms with van der Waals surface area (Å²) in [6.45, 7) is 0.583. The highest BCUT2D eigenvalue weighted by atomic mass is 35.5. The van der Waals surface area contributed by atoms with E-state index in [-0.39, 0.29) is 30.2 Å². The summed E-state index contributed by atoms with van der Waals surface area (Å²) in [5.74, 6) is -0.708. The second kappa shape index (κ2) is 6.91. The van der Waals surface area contributed by atoms with Crippen LogP contribution in [0.1, 0.15) is 10.4 Å². The third kappa shape index (κ3) is 4.16. The molecule has 0 saturated carbocycles. The zero-order valence-electron chi connectivity index (χ0n) is 12.3. The maximum absolute atomic E-state index is 12.2. The van der Waals surface area contributed by atoms with Crippen molar-refractivity contribution in [2.75, 3.05) is 33.1 Å². The molecule has 0 bridgehead atoms. The molecule has 1 aromatic heterocycles. The Kier molecular flexibility index (Phi) is 5.38. The number of hydrogen-bond donors (Lipinski definition) is 1. The molecule has 2 heterocycles. The molecule has 0 spiro atoms. The fourth-order valence-corrected chi connectivity index (χ4v) is 3.47. The smallest absolute Gasteiger partial charge is 0.253 e. The largest absolute Gasteiger partial charge is 0.379 e. The van der Waals surface area contributed by atoms with Gasteiger partial charge in [-0.05, 0) is 6.07 Å². The van der Waals surface area contributed by atoms with Gasteiger partial charge in [0.15, 0.2) is 0 Å². The lowest BCUT2D eigenvalue weighted by atomic mass is 10.1. The summed E-state index contributed by atoms with van der Waals surface area (Å²) in [6.07, 6.45) is 2.84. The first-order valence-electron chi connectivity index (χ1n) is 6.69. The van der Waals surface area contributed by atoms with Crippen molar-refractivity contribution in [3.05, 3.63) is 29.0 Å². The average molecular weight is 348 g/mol. The molecule has 1 aliphatic heterocycles. The van der Waals surface area contributed by atoms with Gasteiger partial charge in [-0.2, -0.15) is 0 Å². The second-order valence-electron chi connectivity index (χ2n) is 5.33. The van der Waals surface area contributed by atoms with E-state index >= 15 is 0 Å². The number of rotatable bonds is 5. The summed E-state index contributed by atoms with van der Waals surface area (Å²) < 4.78 is 30.4. The van der Waals surface area contributed by atoms with Crippen LogP contribution >= 0.6 is 11.6 Å². The van der Waals surface area contributed by atoms with Crippen molar-refractivity contribution < 1.29 is 17.9 Å². The van der Waals surface area contributed by atoms with E-state index in [1.165, 1.54) is 36.9 Å². The Morgan fingerprint density at radius 3 is 2.82 bits per heavy atom. The third-order valence-corrected chi connectivity index (χ3v) is 5.63. The third-order valence-electron chi connectivity index (χ3n) is 3.46. The zero-order chi connectivity index (χ0) is 16.3. The average Bonchev–Trinajstić information content (AvgIpc) is 2.85. The molecule has 1 aliphatic rings. The lowest BCUT2D eigenvalue weighted by molar-refractivity contribution is 0.0925. The molecule has 1 amide bonds. The zero-order valence-corrected chi connectivity index (χ0v) is 13.9. The lowest BCUT2D eigenvalue weighted by Crippen LogP contribution is -2.43. The van der Waals surface area contributed by atoms with Gasteiger partial charge >= 0.3 is 0 Å². The van der Waals surface area contributed by atoms with E-state index < -0.39 is 10.0 Å². The van der Waals surface area contributed by atoms with Crippen molar-refractivity contribution in [3.63, 3.8) is 0 Å². The molecule has 2 atom stereocenters. The van der Waals surface area contributed by atoms with Gasteiger partial charge in [0.1, 0.15) is 0 Å². The number of nitrogens with zero attached hydrogens (tertiary/aromatic N) is 2. The van der Waals surface area contributed by atoms with E-state index in [0.29, 0.717) is 17.2 Å². The number of carbonyl (C=O) groups excluding carboxylic acids is 1. The molecule has 1 N–H and O–H groups in total. The highest BCUT2D eigenvalue weighted by Crippen LogP contribution is 2.18. The number of sulfonamides is 1. The fourth-order valence-electron chi connectivity index (χ4n) is 2.13. The standard InChI is InChI=1S/C13H18ClN3O4S/c1-17(2)22(19,20)8-10-6-21-7-12(10)16-13(18)9-3-11(14)5-15-4-9/h3-5,10,12H,6-8H2,1-2H3,(H,16,18)/t10-,12-/m0/s1. The molecule has 0 radical (unpaired) electrons. The minimum atomic E-state index is -3.35. The van der Waals surface area contributed by atoms with Crippen molar-refractivity contribution in [1.82, 2.24) is 14.6 Å². The van der Waals surface area contributed by atoms with Gasteiger partial charge in [0.2, 0.25) is 10.0 Å². The van der Waals surface area contributed by atoms with Gasteiger partial charge in [0.25, 0.3) is 5.91 Å². The second-order valence-corrected chi connectivity index (χ2v) is 7.99. The van der Waals surface area contributed by atoms with E-state index in [9.17, 15) is 13.2 Å². The summed E-state index contributed by atoms with van der Waals surface area (Å²) in [4.78, 5) is 16.0. The first kappa shape index (κ1) is 17.1. The number of aromatic nitrogens is 1. The summed E-state index contributed by atoms with van der Waals surface area (Å²) in [6, 6.07) is 1.15. The van der Waals surface area contributed by atoms with Gasteiger partial charge in [-0.3, -0.25) is 9.78 Å². The van der Waals surface area contributed by atoms with Gasteiger partial charge in [-0.25, -0.2) is 12.7 Å². The Morgan fingerprint density at radius 1 is 1.45 bits per heavy atom. The van der Waals surface area contributed by atoms with Gasteiger partial charge in [-0.15, -0.1) is 0 Å². The fraction of sp³-hybridized carbons (Fsp3) is 0.538. The van der Waals surface area contributed by atoms with Crippen LogP contribution in [-0.4, -0.2) is 62.7 Å². The van der Waals surface area contributed by atoms with Crippen LogP contribution in [0, 0.1) is 5.92 Å². The topological polar surface area (TPSA) is 88.6 Å². The predicted molar refractivity (Wildman–Crippen MR) is 82.3 cm³/mol. The predicted octanol–water partition coefficient (Wildman–Crippen LogP) is 0.371. The first-order valence-corrected chi connectivity index (χ1v) is 8.67. The van der Waals surface area contributed by atoms with Crippen molar-refractivity contribution in [2.45, 2.75) is 6.04 Å². The van der Waals surface area contributed by atoms with Gasteiger partial charge in [0, 0.05) is 32.4 Å². The molecule has 1 fully saturated rings. The van der Waals surface area contributed by atoms with Crippen LogP contribution in [0.5, 0.6) is 0 Å². The lowest BCUT2D eigenvalue weighted by Gasteiger charge is -2.21. The number of ether oxygens (including phenoxy) is 1. The van der Waals surface area contributed by atoms with Crippen molar-refractivity contribution in [1.29, 1.82) is 0 Å². The molecule has 1 saturated heterocycles. The molecular weight excluding hydrogens is 330 g/mol. The molecule has 0 aromatic carbocycles. The van der Waals surface area contributed by atoms with E-state index in [2.05, 4.69) is 10.3 Å². The van der Waals surface area contributed by atoms with Crippen LogP contribution in [0.15, 0.2) is 18.5 Å². The van der Waals surface area contributed by atoms with E-state index in [4.69, 9.17) is 16.3 Å². The highest BCUT2D eigenvalue weighted by Gasteiger charge is 2.34. The molecule has 22 heavy (non-hydrogen) atoms. The Bertz CT molecular complexity index is 650. The van der Waals surface area contributed by atoms with Gasteiger partial charge in [-0.1, -0.05) is 11.6 Å². The summed E-state index contributed by atoms with van der Waals surface area (Å²) >= 11 is 5.80. The van der Waals surface area contributed by atoms with E-state index in [1.54, 1.807) is 0 Å². The summed E-state index contributed by atoms with van der Waals surface area (Å²) in [5.41, 5.74) is 0.327. The number of halogens is 1. The maximum Gasteiger partial charge on any atom is 0.253 e. The van der Waals surface area contributed by atoms with Crippen molar-refractivity contribution in [3.8, 4) is 0 Å². The van der Waals surface area contributed by atoms with E-state index in [0.717, 1.165) is 0 Å². The normalized spacial score (nSPS) is 22.0.